The van der Waals surface area contributed by atoms with Crippen LogP contribution in [-0.2, 0) is 0 Å². The molecule has 0 atom stereocenters. The molecule has 1 aromatic heterocycles. The maximum absolute atomic E-state index is 9.84. The zero-order valence-corrected chi connectivity index (χ0v) is 13.3. The average molecular weight is 282 g/mol. The molecule has 0 radical (unpaired) electrons. The maximum Gasteiger partial charge on any atom is 0.121 e. The van der Waals surface area contributed by atoms with E-state index < -0.39 is 0 Å². The molecule has 0 saturated heterocycles. The van der Waals surface area contributed by atoms with Crippen LogP contribution in [0.1, 0.15) is 35.0 Å². The van der Waals surface area contributed by atoms with Gasteiger partial charge < -0.3 is 10.4 Å². The minimum absolute atomic E-state index is 0.373. The van der Waals surface area contributed by atoms with Crippen LogP contribution in [0.4, 0.5) is 5.69 Å². The smallest absolute Gasteiger partial charge is 0.121 e. The molecule has 3 nitrogen and oxygen atoms in total. The van der Waals surface area contributed by atoms with Crippen molar-refractivity contribution < 1.29 is 5.11 Å². The fourth-order valence-corrected chi connectivity index (χ4v) is 2.29. The molecule has 0 aliphatic rings. The second-order valence-electron chi connectivity index (χ2n) is 5.52. The number of aromatic hydroxyl groups is 1. The Morgan fingerprint density at radius 1 is 1.10 bits per heavy atom. The number of anilines is 1. The van der Waals surface area contributed by atoms with Gasteiger partial charge in [0.05, 0.1) is 11.4 Å². The van der Waals surface area contributed by atoms with E-state index in [1.165, 1.54) is 0 Å². The second kappa shape index (κ2) is 6.00. The molecule has 110 valence electrons. The van der Waals surface area contributed by atoms with E-state index in [9.17, 15) is 5.11 Å². The van der Waals surface area contributed by atoms with Crippen LogP contribution in [0.25, 0.3) is 5.57 Å². The Kier molecular flexibility index (Phi) is 4.32. The molecule has 21 heavy (non-hydrogen) atoms. The summed E-state index contributed by atoms with van der Waals surface area (Å²) >= 11 is 0. The van der Waals surface area contributed by atoms with Crippen molar-refractivity contribution in [2.24, 2.45) is 0 Å². The minimum Gasteiger partial charge on any atom is -0.507 e. The molecule has 0 fully saturated rings. The van der Waals surface area contributed by atoms with E-state index in [1.54, 1.807) is 0 Å². The SMILES string of the molecule is C/C(=C\Nc1ccc(C)nc1C)c1cc(C)c(O)c(C)c1. The van der Waals surface area contributed by atoms with Crippen molar-refractivity contribution in [3.05, 3.63) is 58.5 Å². The van der Waals surface area contributed by atoms with Crippen molar-refractivity contribution in [3.8, 4) is 5.75 Å². The summed E-state index contributed by atoms with van der Waals surface area (Å²) in [7, 11) is 0. The zero-order chi connectivity index (χ0) is 15.6. The Morgan fingerprint density at radius 3 is 2.29 bits per heavy atom. The van der Waals surface area contributed by atoms with Gasteiger partial charge in [0.1, 0.15) is 5.75 Å². The van der Waals surface area contributed by atoms with E-state index in [0.29, 0.717) is 5.75 Å². The van der Waals surface area contributed by atoms with Crippen LogP contribution in [-0.4, -0.2) is 10.1 Å². The summed E-state index contributed by atoms with van der Waals surface area (Å²) in [4.78, 5) is 4.44. The summed E-state index contributed by atoms with van der Waals surface area (Å²) < 4.78 is 0. The van der Waals surface area contributed by atoms with E-state index in [0.717, 1.165) is 39.3 Å². The molecular weight excluding hydrogens is 260 g/mol. The summed E-state index contributed by atoms with van der Waals surface area (Å²) in [6, 6.07) is 8.02. The lowest BCUT2D eigenvalue weighted by molar-refractivity contribution is 0.467. The van der Waals surface area contributed by atoms with Gasteiger partial charge in [0.25, 0.3) is 0 Å². The lowest BCUT2D eigenvalue weighted by Gasteiger charge is -2.10. The van der Waals surface area contributed by atoms with Crippen molar-refractivity contribution in [1.29, 1.82) is 0 Å². The first kappa shape index (κ1) is 15.1. The Labute approximate surface area is 126 Å². The third-order valence-corrected chi connectivity index (χ3v) is 3.62. The molecule has 2 rings (SSSR count). The monoisotopic (exact) mass is 282 g/mol. The zero-order valence-electron chi connectivity index (χ0n) is 13.3. The molecule has 1 heterocycles. The summed E-state index contributed by atoms with van der Waals surface area (Å²) in [5, 5.41) is 13.1. The molecule has 0 aliphatic heterocycles. The van der Waals surface area contributed by atoms with Gasteiger partial charge in [-0.05, 0) is 81.1 Å². The molecule has 0 saturated carbocycles. The fraction of sp³-hybridized carbons (Fsp3) is 0.278. The van der Waals surface area contributed by atoms with Gasteiger partial charge in [-0.1, -0.05) is 0 Å². The molecule has 2 aromatic rings. The largest absolute Gasteiger partial charge is 0.507 e. The Balaban J connectivity index is 2.25. The minimum atomic E-state index is 0.373. The standard InChI is InChI=1S/C18H22N2O/c1-11-8-16(9-12(2)18(11)21)13(3)10-19-17-7-6-14(4)20-15(17)5/h6-10,19,21H,1-5H3/b13-10+. The molecule has 2 N–H and O–H groups in total. The number of nitrogens with one attached hydrogen (secondary N) is 1. The number of aromatic nitrogens is 1. The highest BCUT2D eigenvalue weighted by Crippen LogP contribution is 2.26. The van der Waals surface area contributed by atoms with E-state index in [1.807, 2.05) is 58.2 Å². The average Bonchev–Trinajstić information content (AvgIpc) is 2.43. The van der Waals surface area contributed by atoms with Crippen molar-refractivity contribution in [3.63, 3.8) is 0 Å². The van der Waals surface area contributed by atoms with Gasteiger partial charge in [0.2, 0.25) is 0 Å². The molecule has 0 spiro atoms. The Morgan fingerprint density at radius 2 is 1.71 bits per heavy atom. The number of rotatable bonds is 3. The highest BCUT2D eigenvalue weighted by Gasteiger charge is 2.05. The summed E-state index contributed by atoms with van der Waals surface area (Å²) in [5.74, 6) is 0.373. The van der Waals surface area contributed by atoms with Gasteiger partial charge in [-0.2, -0.15) is 0 Å². The number of nitrogens with zero attached hydrogens (tertiary/aromatic N) is 1. The van der Waals surface area contributed by atoms with E-state index >= 15 is 0 Å². The second-order valence-corrected chi connectivity index (χ2v) is 5.52. The number of phenolic OH excluding ortho intramolecular Hbond substituents is 1. The van der Waals surface area contributed by atoms with Crippen LogP contribution in [0.15, 0.2) is 30.5 Å². The number of pyridine rings is 1. The first-order valence-corrected chi connectivity index (χ1v) is 7.06. The fourth-order valence-electron chi connectivity index (χ4n) is 2.29. The third kappa shape index (κ3) is 3.43. The molecule has 1 aromatic carbocycles. The molecule has 0 unspecified atom stereocenters. The van der Waals surface area contributed by atoms with Gasteiger partial charge in [0.15, 0.2) is 0 Å². The Hall–Kier alpha value is -2.29. The van der Waals surface area contributed by atoms with E-state index in [-0.39, 0.29) is 0 Å². The van der Waals surface area contributed by atoms with Crippen molar-refractivity contribution in [2.75, 3.05) is 5.32 Å². The van der Waals surface area contributed by atoms with E-state index in [2.05, 4.69) is 17.2 Å². The topological polar surface area (TPSA) is 45.2 Å². The molecule has 0 amide bonds. The maximum atomic E-state index is 9.84. The van der Waals surface area contributed by atoms with Crippen LogP contribution < -0.4 is 5.32 Å². The number of aryl methyl sites for hydroxylation is 4. The predicted octanol–water partition coefficient (Wildman–Crippen LogP) is 4.49. The van der Waals surface area contributed by atoms with Gasteiger partial charge in [0, 0.05) is 11.9 Å². The lowest BCUT2D eigenvalue weighted by atomic mass is 10.0. The van der Waals surface area contributed by atoms with Gasteiger partial charge >= 0.3 is 0 Å². The van der Waals surface area contributed by atoms with Gasteiger partial charge in [-0.25, -0.2) is 0 Å². The number of benzene rings is 1. The van der Waals surface area contributed by atoms with Gasteiger partial charge in [-0.15, -0.1) is 0 Å². The quantitative estimate of drug-likeness (QED) is 0.871. The highest BCUT2D eigenvalue weighted by atomic mass is 16.3. The van der Waals surface area contributed by atoms with Crippen molar-refractivity contribution in [2.45, 2.75) is 34.6 Å². The van der Waals surface area contributed by atoms with Crippen LogP contribution >= 0.6 is 0 Å². The van der Waals surface area contributed by atoms with Crippen molar-refractivity contribution in [1.82, 2.24) is 4.98 Å². The number of allylic oxidation sites excluding steroid dienone is 1. The predicted molar refractivity (Wildman–Crippen MR) is 88.6 cm³/mol. The third-order valence-electron chi connectivity index (χ3n) is 3.62. The molecule has 0 bridgehead atoms. The normalized spacial score (nSPS) is 11.6. The number of hydrogen-bond donors (Lipinski definition) is 2. The van der Waals surface area contributed by atoms with Crippen LogP contribution in [0, 0.1) is 27.7 Å². The molecular formula is C18H22N2O. The van der Waals surface area contributed by atoms with Crippen LogP contribution in [0.3, 0.4) is 0 Å². The first-order valence-electron chi connectivity index (χ1n) is 7.06. The number of hydrogen-bond acceptors (Lipinski definition) is 3. The van der Waals surface area contributed by atoms with E-state index in [4.69, 9.17) is 0 Å². The first-order chi connectivity index (χ1) is 9.88. The summed E-state index contributed by atoms with van der Waals surface area (Å²) in [5.41, 5.74) is 7.01. The summed E-state index contributed by atoms with van der Waals surface area (Å²) in [6.45, 7) is 9.86. The number of phenols is 1. The van der Waals surface area contributed by atoms with Crippen molar-refractivity contribution >= 4 is 11.3 Å². The van der Waals surface area contributed by atoms with Crippen LogP contribution in [0.2, 0.25) is 0 Å². The van der Waals surface area contributed by atoms with Gasteiger partial charge in [-0.3, -0.25) is 4.98 Å². The molecule has 0 aliphatic carbocycles. The lowest BCUT2D eigenvalue weighted by Crippen LogP contribution is -1.96. The summed E-state index contributed by atoms with van der Waals surface area (Å²) in [6.07, 6.45) is 1.98. The highest BCUT2D eigenvalue weighted by molar-refractivity contribution is 5.69. The molecule has 3 heteroatoms. The van der Waals surface area contributed by atoms with Crippen LogP contribution in [0.5, 0.6) is 5.75 Å². The Bertz CT molecular complexity index is 679.